The summed E-state index contributed by atoms with van der Waals surface area (Å²) in [6.07, 6.45) is 6.21. The maximum absolute atomic E-state index is 12.7. The lowest BCUT2D eigenvalue weighted by Gasteiger charge is -2.41. The molecule has 0 amide bonds. The minimum atomic E-state index is -0.818. The van der Waals surface area contributed by atoms with Crippen LogP contribution in [-0.2, 0) is 35.1 Å². The first-order chi connectivity index (χ1) is 18.2. The number of hydrogen-bond donors (Lipinski definition) is 0. The van der Waals surface area contributed by atoms with E-state index in [1.807, 2.05) is 65.8 Å². The van der Waals surface area contributed by atoms with Crippen molar-refractivity contribution < 1.29 is 33.2 Å². The van der Waals surface area contributed by atoms with E-state index in [-0.39, 0.29) is 24.6 Å². The molecule has 0 aromatic heterocycles. The Hall–Kier alpha value is -2.19. The van der Waals surface area contributed by atoms with Crippen molar-refractivity contribution in [3.05, 3.63) is 53.1 Å². The average molecular weight is 545 g/mol. The van der Waals surface area contributed by atoms with Crippen molar-refractivity contribution in [2.75, 3.05) is 13.7 Å². The first-order valence-electron chi connectivity index (χ1n) is 14.0. The summed E-state index contributed by atoms with van der Waals surface area (Å²) in [5.41, 5.74) is 2.26. The highest BCUT2D eigenvalue weighted by molar-refractivity contribution is 5.70. The van der Waals surface area contributed by atoms with Crippen LogP contribution in [0.1, 0.15) is 86.6 Å². The SMILES string of the molecule is COc1ccc(COC/C=C(\C)CC[C@@H]2O[C@@H]([C@@]3(C)OC(C)(C)O[C@H]3CC(=O)OC(C)(C)C)CC=C2C)cc1. The van der Waals surface area contributed by atoms with Crippen LogP contribution in [0.5, 0.6) is 5.75 Å². The molecule has 1 aromatic carbocycles. The third-order valence-corrected chi connectivity index (χ3v) is 7.21. The van der Waals surface area contributed by atoms with Gasteiger partial charge in [-0.1, -0.05) is 29.9 Å². The van der Waals surface area contributed by atoms with Crippen LogP contribution < -0.4 is 4.74 Å². The third-order valence-electron chi connectivity index (χ3n) is 7.21. The second-order valence-electron chi connectivity index (χ2n) is 12.3. The van der Waals surface area contributed by atoms with Crippen molar-refractivity contribution in [3.63, 3.8) is 0 Å². The van der Waals surface area contributed by atoms with Crippen LogP contribution in [0.15, 0.2) is 47.6 Å². The molecule has 2 aliphatic rings. The van der Waals surface area contributed by atoms with Crippen molar-refractivity contribution in [3.8, 4) is 5.75 Å². The van der Waals surface area contributed by atoms with Crippen molar-refractivity contribution in [2.24, 2.45) is 0 Å². The number of rotatable bonds is 11. The van der Waals surface area contributed by atoms with Gasteiger partial charge in [-0.05, 0) is 97.9 Å². The Labute approximate surface area is 234 Å². The molecule has 1 saturated heterocycles. The molecule has 2 aliphatic heterocycles. The van der Waals surface area contributed by atoms with E-state index in [1.165, 1.54) is 11.1 Å². The highest BCUT2D eigenvalue weighted by Gasteiger charge is 2.56. The van der Waals surface area contributed by atoms with E-state index in [2.05, 4.69) is 26.0 Å². The molecule has 7 heteroatoms. The molecule has 7 nitrogen and oxygen atoms in total. The molecule has 0 bridgehead atoms. The first kappa shape index (κ1) is 31.3. The number of allylic oxidation sites excluding steroid dienone is 1. The summed E-state index contributed by atoms with van der Waals surface area (Å²) in [6.45, 7) is 16.7. The van der Waals surface area contributed by atoms with Gasteiger partial charge >= 0.3 is 5.97 Å². The van der Waals surface area contributed by atoms with Gasteiger partial charge in [0, 0.05) is 0 Å². The van der Waals surface area contributed by atoms with Crippen LogP contribution >= 0.6 is 0 Å². The van der Waals surface area contributed by atoms with Crippen LogP contribution in [0.25, 0.3) is 0 Å². The van der Waals surface area contributed by atoms with Crippen molar-refractivity contribution in [1.82, 2.24) is 0 Å². The van der Waals surface area contributed by atoms with Crippen molar-refractivity contribution in [1.29, 1.82) is 0 Å². The van der Waals surface area contributed by atoms with E-state index in [0.717, 1.165) is 24.2 Å². The van der Waals surface area contributed by atoms with Gasteiger partial charge in [0.05, 0.1) is 39.0 Å². The second-order valence-corrected chi connectivity index (χ2v) is 12.3. The Morgan fingerprint density at radius 3 is 2.49 bits per heavy atom. The quantitative estimate of drug-likeness (QED) is 0.175. The van der Waals surface area contributed by atoms with E-state index in [9.17, 15) is 4.79 Å². The number of carbonyl (C=O) groups excluding carboxylic acids is 1. The number of methoxy groups -OCH3 is 1. The van der Waals surface area contributed by atoms with Crippen LogP contribution in [-0.4, -0.2) is 55.0 Å². The zero-order valence-electron chi connectivity index (χ0n) is 25.3. The summed E-state index contributed by atoms with van der Waals surface area (Å²) in [5, 5.41) is 0. The molecule has 1 fully saturated rings. The van der Waals surface area contributed by atoms with Crippen LogP contribution in [0.3, 0.4) is 0 Å². The zero-order chi connectivity index (χ0) is 28.8. The summed E-state index contributed by atoms with van der Waals surface area (Å²) in [5.74, 6) is -0.273. The molecule has 2 heterocycles. The molecule has 0 radical (unpaired) electrons. The predicted octanol–water partition coefficient (Wildman–Crippen LogP) is 6.68. The Kier molecular flexibility index (Phi) is 10.4. The Bertz CT molecular complexity index is 1020. The molecule has 0 unspecified atom stereocenters. The van der Waals surface area contributed by atoms with Crippen LogP contribution in [0.2, 0.25) is 0 Å². The number of hydrogen-bond acceptors (Lipinski definition) is 7. The van der Waals surface area contributed by atoms with Gasteiger partial charge in [-0.3, -0.25) is 4.79 Å². The highest BCUT2D eigenvalue weighted by Crippen LogP contribution is 2.44. The van der Waals surface area contributed by atoms with Gasteiger partial charge in [0.15, 0.2) is 5.79 Å². The summed E-state index contributed by atoms with van der Waals surface area (Å²) >= 11 is 0. The summed E-state index contributed by atoms with van der Waals surface area (Å²) in [7, 11) is 1.66. The van der Waals surface area contributed by atoms with Gasteiger partial charge in [-0.2, -0.15) is 0 Å². The summed E-state index contributed by atoms with van der Waals surface area (Å²) in [4.78, 5) is 12.7. The summed E-state index contributed by atoms with van der Waals surface area (Å²) in [6, 6.07) is 7.91. The Morgan fingerprint density at radius 1 is 1.15 bits per heavy atom. The monoisotopic (exact) mass is 544 g/mol. The van der Waals surface area contributed by atoms with E-state index in [0.29, 0.717) is 19.6 Å². The number of benzene rings is 1. The minimum absolute atomic E-state index is 0.0290. The molecule has 1 aromatic rings. The van der Waals surface area contributed by atoms with Crippen LogP contribution in [0, 0.1) is 0 Å². The fourth-order valence-corrected chi connectivity index (χ4v) is 5.14. The molecular weight excluding hydrogens is 496 g/mol. The van der Waals surface area contributed by atoms with E-state index in [4.69, 9.17) is 28.4 Å². The average Bonchev–Trinajstić information content (AvgIpc) is 3.08. The topological polar surface area (TPSA) is 72.5 Å². The lowest BCUT2D eigenvalue weighted by molar-refractivity contribution is -0.194. The van der Waals surface area contributed by atoms with Crippen LogP contribution in [0.4, 0.5) is 0 Å². The van der Waals surface area contributed by atoms with Gasteiger partial charge < -0.3 is 28.4 Å². The maximum atomic E-state index is 12.7. The van der Waals surface area contributed by atoms with Gasteiger partial charge in [0.25, 0.3) is 0 Å². The Balaban J connectivity index is 1.55. The first-order valence-corrected chi connectivity index (χ1v) is 14.0. The third kappa shape index (κ3) is 9.17. The zero-order valence-corrected chi connectivity index (χ0v) is 25.3. The normalized spacial score (nSPS) is 27.3. The molecule has 218 valence electrons. The number of esters is 1. The highest BCUT2D eigenvalue weighted by atomic mass is 16.8. The van der Waals surface area contributed by atoms with Crippen molar-refractivity contribution in [2.45, 2.75) is 123 Å². The lowest BCUT2D eigenvalue weighted by Crippen LogP contribution is -2.52. The molecule has 0 aliphatic carbocycles. The Morgan fingerprint density at radius 2 is 1.85 bits per heavy atom. The van der Waals surface area contributed by atoms with E-state index < -0.39 is 23.1 Å². The second kappa shape index (κ2) is 13.0. The summed E-state index contributed by atoms with van der Waals surface area (Å²) < 4.78 is 35.9. The maximum Gasteiger partial charge on any atom is 0.309 e. The molecule has 4 atom stereocenters. The molecular formula is C32H48O7. The van der Waals surface area contributed by atoms with Gasteiger partial charge in [-0.25, -0.2) is 0 Å². The number of ether oxygens (including phenoxy) is 6. The fraction of sp³-hybridized carbons (Fsp3) is 0.656. The largest absolute Gasteiger partial charge is 0.497 e. The van der Waals surface area contributed by atoms with E-state index in [1.54, 1.807) is 7.11 Å². The smallest absolute Gasteiger partial charge is 0.309 e. The fourth-order valence-electron chi connectivity index (χ4n) is 5.14. The van der Waals surface area contributed by atoms with Gasteiger partial charge in [0.2, 0.25) is 0 Å². The standard InChI is InChI=1S/C32H48O7/c1-22(18-19-35-21-24-12-14-25(34-9)15-13-24)10-16-26-23(2)11-17-27(36-26)32(8)28(37-31(6,7)39-32)20-29(33)38-30(3,4)5/h11-15,18,26-28H,10,16-17,19-21H2,1-9H3/b22-18+/t26-,27+,28-,32+/m0/s1. The molecule has 3 rings (SSSR count). The molecule has 39 heavy (non-hydrogen) atoms. The number of carbonyl (C=O) groups is 1. The van der Waals surface area contributed by atoms with E-state index >= 15 is 0 Å². The minimum Gasteiger partial charge on any atom is -0.497 e. The molecule has 0 N–H and O–H groups in total. The van der Waals surface area contributed by atoms with Gasteiger partial charge in [0.1, 0.15) is 23.1 Å². The molecule has 0 spiro atoms. The predicted molar refractivity (Wildman–Crippen MR) is 152 cm³/mol. The van der Waals surface area contributed by atoms with Crippen molar-refractivity contribution >= 4 is 5.97 Å². The van der Waals surface area contributed by atoms with Gasteiger partial charge in [-0.15, -0.1) is 0 Å². The lowest BCUT2D eigenvalue weighted by atomic mass is 9.85. The molecule has 0 saturated carbocycles.